The Hall–Kier alpha value is -2.10. The normalized spacial score (nSPS) is 10.3. The third-order valence-corrected chi connectivity index (χ3v) is 3.03. The van der Waals surface area contributed by atoms with Gasteiger partial charge in [0.1, 0.15) is 17.5 Å². The number of nitrogens with one attached hydrogen (secondary N) is 2. The molecule has 0 spiro atoms. The van der Waals surface area contributed by atoms with Gasteiger partial charge in [-0.2, -0.15) is 0 Å². The predicted molar refractivity (Wildman–Crippen MR) is 84.7 cm³/mol. The predicted octanol–water partition coefficient (Wildman–Crippen LogP) is 3.91. The molecular weight excluding hydrogens is 248 g/mol. The van der Waals surface area contributed by atoms with Crippen molar-refractivity contribution in [3.05, 3.63) is 41.7 Å². The lowest BCUT2D eigenvalue weighted by molar-refractivity contribution is 0.955. The Labute approximate surface area is 120 Å². The average molecular weight is 270 g/mol. The quantitative estimate of drug-likeness (QED) is 0.835. The van der Waals surface area contributed by atoms with Crippen LogP contribution in [-0.4, -0.2) is 16.5 Å². The van der Waals surface area contributed by atoms with Crippen LogP contribution in [0.25, 0.3) is 0 Å². The molecule has 0 aliphatic rings. The van der Waals surface area contributed by atoms with Crippen LogP contribution in [0.3, 0.4) is 0 Å². The van der Waals surface area contributed by atoms with Crippen molar-refractivity contribution in [3.63, 3.8) is 0 Å². The molecule has 4 nitrogen and oxygen atoms in total. The number of benzene rings is 1. The number of aromatic nitrogens is 2. The molecule has 0 bridgehead atoms. The first-order chi connectivity index (χ1) is 9.71. The number of nitrogens with zero attached hydrogens (tertiary/aromatic N) is 2. The van der Waals surface area contributed by atoms with E-state index in [1.165, 1.54) is 5.56 Å². The highest BCUT2D eigenvalue weighted by atomic mass is 15.1. The van der Waals surface area contributed by atoms with E-state index in [9.17, 15) is 0 Å². The molecule has 2 rings (SSSR count). The lowest BCUT2D eigenvalue weighted by Gasteiger charge is -2.10. The molecule has 1 heterocycles. The van der Waals surface area contributed by atoms with Crippen LogP contribution in [0, 0.1) is 6.92 Å². The summed E-state index contributed by atoms with van der Waals surface area (Å²) in [5.74, 6) is 2.45. The van der Waals surface area contributed by atoms with Gasteiger partial charge in [0.2, 0.25) is 0 Å². The minimum absolute atomic E-state index is 0.763. The molecule has 2 aromatic rings. The third-order valence-electron chi connectivity index (χ3n) is 3.03. The maximum Gasteiger partial charge on any atom is 0.136 e. The van der Waals surface area contributed by atoms with E-state index in [2.05, 4.69) is 58.7 Å². The number of aryl methyl sites for hydroxylation is 2. The summed E-state index contributed by atoms with van der Waals surface area (Å²) in [6.07, 6.45) is 2.13. The van der Waals surface area contributed by atoms with Gasteiger partial charge in [0.25, 0.3) is 0 Å². The molecule has 106 valence electrons. The van der Waals surface area contributed by atoms with Crippen LogP contribution >= 0.6 is 0 Å². The summed E-state index contributed by atoms with van der Waals surface area (Å²) in [5, 5.41) is 6.61. The summed E-state index contributed by atoms with van der Waals surface area (Å²) in [6.45, 7) is 7.11. The van der Waals surface area contributed by atoms with Crippen molar-refractivity contribution in [1.29, 1.82) is 0 Å². The van der Waals surface area contributed by atoms with Gasteiger partial charge in [0.05, 0.1) is 0 Å². The Morgan fingerprint density at radius 2 is 1.70 bits per heavy atom. The monoisotopic (exact) mass is 270 g/mol. The number of hydrogen-bond donors (Lipinski definition) is 2. The van der Waals surface area contributed by atoms with Crippen LogP contribution in [0.4, 0.5) is 17.3 Å². The lowest BCUT2D eigenvalue weighted by Crippen LogP contribution is -2.05. The minimum Gasteiger partial charge on any atom is -0.370 e. The van der Waals surface area contributed by atoms with Crippen molar-refractivity contribution >= 4 is 17.3 Å². The molecule has 0 radical (unpaired) electrons. The topological polar surface area (TPSA) is 49.8 Å². The maximum atomic E-state index is 4.42. The second kappa shape index (κ2) is 6.89. The van der Waals surface area contributed by atoms with Gasteiger partial charge >= 0.3 is 0 Å². The molecule has 1 aromatic carbocycles. The Kier molecular flexibility index (Phi) is 4.93. The van der Waals surface area contributed by atoms with Gasteiger partial charge in [-0.25, -0.2) is 9.97 Å². The highest BCUT2D eigenvalue weighted by Gasteiger charge is 2.02. The fraction of sp³-hybridized carbons (Fsp3) is 0.375. The average Bonchev–Trinajstić information content (AvgIpc) is 2.45. The number of rotatable bonds is 6. The zero-order valence-corrected chi connectivity index (χ0v) is 12.4. The Morgan fingerprint density at radius 3 is 2.35 bits per heavy atom. The third kappa shape index (κ3) is 3.95. The van der Waals surface area contributed by atoms with Gasteiger partial charge in [-0.1, -0.05) is 26.0 Å². The van der Waals surface area contributed by atoms with Crippen molar-refractivity contribution in [2.45, 2.75) is 33.6 Å². The van der Waals surface area contributed by atoms with Crippen LogP contribution < -0.4 is 10.6 Å². The van der Waals surface area contributed by atoms with E-state index in [-0.39, 0.29) is 0 Å². The van der Waals surface area contributed by atoms with Crippen molar-refractivity contribution in [1.82, 2.24) is 9.97 Å². The highest BCUT2D eigenvalue weighted by Crippen LogP contribution is 2.18. The molecule has 1 aromatic heterocycles. The van der Waals surface area contributed by atoms with Gasteiger partial charge in [-0.05, 0) is 37.5 Å². The summed E-state index contributed by atoms with van der Waals surface area (Å²) < 4.78 is 0. The zero-order valence-electron chi connectivity index (χ0n) is 12.4. The van der Waals surface area contributed by atoms with E-state index >= 15 is 0 Å². The fourth-order valence-corrected chi connectivity index (χ4v) is 1.95. The van der Waals surface area contributed by atoms with Crippen molar-refractivity contribution in [3.8, 4) is 0 Å². The Bertz CT molecular complexity index is 549. The summed E-state index contributed by atoms with van der Waals surface area (Å²) in [6, 6.07) is 10.4. The van der Waals surface area contributed by atoms with E-state index in [0.29, 0.717) is 0 Å². The Morgan fingerprint density at radius 1 is 1.00 bits per heavy atom. The number of hydrogen-bond acceptors (Lipinski definition) is 4. The smallest absolute Gasteiger partial charge is 0.136 e. The first kappa shape index (κ1) is 14.3. The van der Waals surface area contributed by atoms with Gasteiger partial charge in [-0.15, -0.1) is 0 Å². The van der Waals surface area contributed by atoms with Crippen LogP contribution in [0.15, 0.2) is 30.3 Å². The van der Waals surface area contributed by atoms with Gasteiger partial charge in [0.15, 0.2) is 0 Å². The molecule has 0 amide bonds. The van der Waals surface area contributed by atoms with Crippen LogP contribution in [-0.2, 0) is 6.42 Å². The molecule has 0 fully saturated rings. The number of anilines is 3. The molecule has 20 heavy (non-hydrogen) atoms. The van der Waals surface area contributed by atoms with Crippen LogP contribution in [0.1, 0.15) is 31.7 Å². The molecule has 2 N–H and O–H groups in total. The first-order valence-corrected chi connectivity index (χ1v) is 7.16. The van der Waals surface area contributed by atoms with Crippen molar-refractivity contribution < 1.29 is 0 Å². The van der Waals surface area contributed by atoms with Crippen molar-refractivity contribution in [2.75, 3.05) is 17.2 Å². The lowest BCUT2D eigenvalue weighted by atomic mass is 10.1. The van der Waals surface area contributed by atoms with Gasteiger partial charge < -0.3 is 10.6 Å². The van der Waals surface area contributed by atoms with Crippen LogP contribution in [0.5, 0.6) is 0 Å². The molecule has 0 unspecified atom stereocenters. The van der Waals surface area contributed by atoms with E-state index in [4.69, 9.17) is 0 Å². The van der Waals surface area contributed by atoms with E-state index in [1.807, 2.05) is 13.0 Å². The van der Waals surface area contributed by atoms with E-state index in [1.54, 1.807) is 0 Å². The maximum absolute atomic E-state index is 4.42. The standard InChI is InChI=1S/C16H22N4/c1-4-10-17-15-11-16(19-12(3)18-15)20-14-8-6-13(5-2)7-9-14/h6-9,11H,4-5,10H2,1-3H3,(H2,17,18,19,20). The molecule has 0 saturated heterocycles. The summed E-state index contributed by atoms with van der Waals surface area (Å²) in [5.41, 5.74) is 2.38. The molecular formula is C16H22N4. The molecule has 0 aliphatic heterocycles. The summed E-state index contributed by atoms with van der Waals surface area (Å²) in [7, 11) is 0. The highest BCUT2D eigenvalue weighted by molar-refractivity contribution is 5.59. The Balaban J connectivity index is 2.12. The summed E-state index contributed by atoms with van der Waals surface area (Å²) >= 11 is 0. The van der Waals surface area contributed by atoms with Gasteiger partial charge in [-0.3, -0.25) is 0 Å². The van der Waals surface area contributed by atoms with E-state index < -0.39 is 0 Å². The molecule has 0 aliphatic carbocycles. The minimum atomic E-state index is 0.763. The summed E-state index contributed by atoms with van der Waals surface area (Å²) in [4.78, 5) is 8.80. The fourth-order valence-electron chi connectivity index (χ4n) is 1.95. The SMILES string of the molecule is CCCNc1cc(Nc2ccc(CC)cc2)nc(C)n1. The second-order valence-corrected chi connectivity index (χ2v) is 4.79. The largest absolute Gasteiger partial charge is 0.370 e. The van der Waals surface area contributed by atoms with Crippen LogP contribution in [0.2, 0.25) is 0 Å². The van der Waals surface area contributed by atoms with Crippen molar-refractivity contribution in [2.24, 2.45) is 0 Å². The zero-order chi connectivity index (χ0) is 14.4. The molecule has 0 atom stereocenters. The van der Waals surface area contributed by atoms with E-state index in [0.717, 1.165) is 42.5 Å². The second-order valence-electron chi connectivity index (χ2n) is 4.79. The molecule has 0 saturated carbocycles. The van der Waals surface area contributed by atoms with Gasteiger partial charge in [0, 0.05) is 18.3 Å². The first-order valence-electron chi connectivity index (χ1n) is 7.16. The molecule has 4 heteroatoms.